The van der Waals surface area contributed by atoms with Crippen LogP contribution in [0.3, 0.4) is 0 Å². The Hall–Kier alpha value is -0.380. The Morgan fingerprint density at radius 3 is 3.09 bits per heavy atom. The Morgan fingerprint density at radius 2 is 2.55 bits per heavy atom. The van der Waals surface area contributed by atoms with Crippen LogP contribution in [0.15, 0.2) is 12.7 Å². The number of aliphatic hydroxyl groups excluding tert-OH is 1. The van der Waals surface area contributed by atoms with Gasteiger partial charge in [-0.1, -0.05) is 6.58 Å². The van der Waals surface area contributed by atoms with E-state index in [1.807, 2.05) is 4.90 Å². The highest BCUT2D eigenvalue weighted by Crippen LogP contribution is 2.02. The quantitative estimate of drug-likeness (QED) is 0.543. The fourth-order valence-electron chi connectivity index (χ4n) is 1.35. The molecule has 1 unspecified atom stereocenters. The van der Waals surface area contributed by atoms with Crippen LogP contribution in [0.25, 0.3) is 0 Å². The molecule has 0 spiro atoms. The number of hydrogen-bond acceptors (Lipinski definition) is 3. The minimum absolute atomic E-state index is 0.471. The Balaban J connectivity index is 2.38. The number of aliphatic hydroxyl groups is 1. The van der Waals surface area contributed by atoms with Gasteiger partial charge in [0, 0.05) is 25.7 Å². The second kappa shape index (κ2) is 3.85. The molecule has 0 aromatic rings. The average Bonchev–Trinajstić information content (AvgIpc) is 2.03. The van der Waals surface area contributed by atoms with Crippen LogP contribution in [-0.2, 0) is 0 Å². The Kier molecular flexibility index (Phi) is 3.05. The molecule has 11 heavy (non-hydrogen) atoms. The van der Waals surface area contributed by atoms with E-state index in [4.69, 9.17) is 0 Å². The van der Waals surface area contributed by atoms with Crippen molar-refractivity contribution >= 4 is 0 Å². The van der Waals surface area contributed by atoms with Crippen molar-refractivity contribution in [3.63, 3.8) is 0 Å². The molecular formula is C8H16N2O. The summed E-state index contributed by atoms with van der Waals surface area (Å²) >= 11 is 0. The summed E-state index contributed by atoms with van der Waals surface area (Å²) in [5.74, 6) is 0. The van der Waals surface area contributed by atoms with Gasteiger partial charge in [0.15, 0.2) is 0 Å². The lowest BCUT2D eigenvalue weighted by Gasteiger charge is -2.33. The third kappa shape index (κ3) is 2.29. The second-order valence-electron chi connectivity index (χ2n) is 3.00. The van der Waals surface area contributed by atoms with Crippen molar-refractivity contribution in [3.8, 4) is 0 Å². The minimum Gasteiger partial charge on any atom is -0.375 e. The average molecular weight is 156 g/mol. The van der Waals surface area contributed by atoms with Gasteiger partial charge in [0.1, 0.15) is 6.23 Å². The normalized spacial score (nSPS) is 29.8. The van der Waals surface area contributed by atoms with Crippen molar-refractivity contribution < 1.29 is 5.11 Å². The van der Waals surface area contributed by atoms with Gasteiger partial charge in [0.25, 0.3) is 0 Å². The molecule has 1 saturated heterocycles. The van der Waals surface area contributed by atoms with Crippen molar-refractivity contribution in [2.45, 2.75) is 19.2 Å². The molecule has 1 rings (SSSR count). The molecule has 3 heteroatoms. The summed E-state index contributed by atoms with van der Waals surface area (Å²) in [4.78, 5) is 2.01. The maximum atomic E-state index is 9.38. The molecule has 0 saturated carbocycles. The van der Waals surface area contributed by atoms with Crippen molar-refractivity contribution in [2.75, 3.05) is 19.6 Å². The molecule has 2 N–H and O–H groups in total. The van der Waals surface area contributed by atoms with Crippen LogP contribution in [0.1, 0.15) is 6.92 Å². The van der Waals surface area contributed by atoms with Crippen molar-refractivity contribution in [1.29, 1.82) is 0 Å². The number of nitrogens with zero attached hydrogens (tertiary/aromatic N) is 1. The topological polar surface area (TPSA) is 35.5 Å². The summed E-state index contributed by atoms with van der Waals surface area (Å²) in [5, 5.41) is 12.7. The molecule has 0 radical (unpaired) electrons. The zero-order valence-corrected chi connectivity index (χ0v) is 6.95. The van der Waals surface area contributed by atoms with E-state index in [9.17, 15) is 5.11 Å². The van der Waals surface area contributed by atoms with Crippen molar-refractivity contribution in [2.24, 2.45) is 0 Å². The maximum absolute atomic E-state index is 9.38. The van der Waals surface area contributed by atoms with E-state index in [1.54, 1.807) is 6.08 Å². The van der Waals surface area contributed by atoms with E-state index in [0.29, 0.717) is 6.04 Å². The van der Waals surface area contributed by atoms with Crippen molar-refractivity contribution in [1.82, 2.24) is 10.2 Å². The zero-order chi connectivity index (χ0) is 8.27. The maximum Gasteiger partial charge on any atom is 0.126 e. The van der Waals surface area contributed by atoms with Gasteiger partial charge in [-0.05, 0) is 13.0 Å². The van der Waals surface area contributed by atoms with E-state index in [0.717, 1.165) is 19.6 Å². The summed E-state index contributed by atoms with van der Waals surface area (Å²) in [6, 6.07) is 0.471. The molecule has 64 valence electrons. The summed E-state index contributed by atoms with van der Waals surface area (Å²) in [5.41, 5.74) is 0. The SMILES string of the molecule is C=CC(O)N1CCN[C@@H](C)C1. The molecule has 1 aliphatic rings. The lowest BCUT2D eigenvalue weighted by atomic mass is 10.2. The lowest BCUT2D eigenvalue weighted by Crippen LogP contribution is -2.52. The van der Waals surface area contributed by atoms with Crippen LogP contribution in [0, 0.1) is 0 Å². The van der Waals surface area contributed by atoms with Crippen LogP contribution in [-0.4, -0.2) is 41.9 Å². The van der Waals surface area contributed by atoms with E-state index in [-0.39, 0.29) is 0 Å². The molecule has 1 aliphatic heterocycles. The van der Waals surface area contributed by atoms with Crippen molar-refractivity contribution in [3.05, 3.63) is 12.7 Å². The van der Waals surface area contributed by atoms with Gasteiger partial charge in [0.05, 0.1) is 0 Å². The first kappa shape index (κ1) is 8.71. The minimum atomic E-state index is -0.473. The molecular weight excluding hydrogens is 140 g/mol. The van der Waals surface area contributed by atoms with Crippen LogP contribution in [0.2, 0.25) is 0 Å². The predicted molar refractivity (Wildman–Crippen MR) is 45.2 cm³/mol. The van der Waals surface area contributed by atoms with Gasteiger partial charge < -0.3 is 10.4 Å². The number of nitrogens with one attached hydrogen (secondary N) is 1. The van der Waals surface area contributed by atoms with Gasteiger partial charge >= 0.3 is 0 Å². The van der Waals surface area contributed by atoms with Gasteiger partial charge in [-0.2, -0.15) is 0 Å². The molecule has 0 aliphatic carbocycles. The lowest BCUT2D eigenvalue weighted by molar-refractivity contribution is 0.0235. The highest BCUT2D eigenvalue weighted by molar-refractivity contribution is 4.84. The monoisotopic (exact) mass is 156 g/mol. The molecule has 0 aromatic heterocycles. The van der Waals surface area contributed by atoms with Gasteiger partial charge in [-0.15, -0.1) is 0 Å². The molecule has 0 aromatic carbocycles. The molecule has 0 amide bonds. The first-order chi connectivity index (χ1) is 5.24. The fourth-order valence-corrected chi connectivity index (χ4v) is 1.35. The number of piperazine rings is 1. The van der Waals surface area contributed by atoms with Crippen LogP contribution in [0.5, 0.6) is 0 Å². The summed E-state index contributed by atoms with van der Waals surface area (Å²) in [6.07, 6.45) is 1.09. The van der Waals surface area contributed by atoms with Crippen LogP contribution < -0.4 is 5.32 Å². The van der Waals surface area contributed by atoms with Gasteiger partial charge in [0.2, 0.25) is 0 Å². The zero-order valence-electron chi connectivity index (χ0n) is 6.95. The highest BCUT2D eigenvalue weighted by Gasteiger charge is 2.18. The first-order valence-electron chi connectivity index (χ1n) is 4.02. The fraction of sp³-hybridized carbons (Fsp3) is 0.750. The Morgan fingerprint density at radius 1 is 1.82 bits per heavy atom. The van der Waals surface area contributed by atoms with Crippen LogP contribution in [0.4, 0.5) is 0 Å². The standard InChI is InChI=1S/C8H16N2O/c1-3-8(11)10-5-4-9-7(2)6-10/h3,7-9,11H,1,4-6H2,2H3/t7-,8?/m0/s1. The molecule has 3 nitrogen and oxygen atoms in total. The van der Waals surface area contributed by atoms with E-state index in [2.05, 4.69) is 18.8 Å². The van der Waals surface area contributed by atoms with Gasteiger partial charge in [-0.25, -0.2) is 0 Å². The number of hydrogen-bond donors (Lipinski definition) is 2. The summed E-state index contributed by atoms with van der Waals surface area (Å²) < 4.78 is 0. The molecule has 0 bridgehead atoms. The second-order valence-corrected chi connectivity index (χ2v) is 3.00. The third-order valence-electron chi connectivity index (χ3n) is 1.99. The van der Waals surface area contributed by atoms with E-state index in [1.165, 1.54) is 0 Å². The predicted octanol–water partition coefficient (Wildman–Crippen LogP) is -0.216. The van der Waals surface area contributed by atoms with E-state index < -0.39 is 6.23 Å². The Bertz CT molecular complexity index is 138. The first-order valence-corrected chi connectivity index (χ1v) is 4.02. The largest absolute Gasteiger partial charge is 0.375 e. The molecule has 1 fully saturated rings. The Labute approximate surface area is 67.7 Å². The molecule has 2 atom stereocenters. The third-order valence-corrected chi connectivity index (χ3v) is 1.99. The summed E-state index contributed by atoms with van der Waals surface area (Å²) in [6.45, 7) is 8.41. The van der Waals surface area contributed by atoms with E-state index >= 15 is 0 Å². The van der Waals surface area contributed by atoms with Crippen LogP contribution >= 0.6 is 0 Å². The molecule has 1 heterocycles. The smallest absolute Gasteiger partial charge is 0.126 e. The highest BCUT2D eigenvalue weighted by atomic mass is 16.3. The van der Waals surface area contributed by atoms with Gasteiger partial charge in [-0.3, -0.25) is 4.90 Å². The summed E-state index contributed by atoms with van der Waals surface area (Å²) in [7, 11) is 0. The number of rotatable bonds is 2.